The van der Waals surface area contributed by atoms with Crippen molar-refractivity contribution in [2.24, 2.45) is 0 Å². The highest BCUT2D eigenvalue weighted by Crippen LogP contribution is 2.38. The van der Waals surface area contributed by atoms with E-state index >= 15 is 0 Å². The molecule has 0 saturated carbocycles. The van der Waals surface area contributed by atoms with E-state index in [2.05, 4.69) is 6.07 Å². The SMILES string of the molecule is C[C@H]1Cc2ccccc2N1S(=O)(=O)c1cccc(C(=O)OCC(=O)c2ccc3c(c2)-c2ccccc2C3)c1. The molecule has 0 aromatic heterocycles. The van der Waals surface area contributed by atoms with E-state index in [0.29, 0.717) is 17.7 Å². The third kappa shape index (κ3) is 4.09. The number of ether oxygens (including phenoxy) is 1. The number of carbonyl (C=O) groups excluding carboxylic acids is 2. The van der Waals surface area contributed by atoms with E-state index in [1.807, 2.05) is 55.5 Å². The molecule has 0 spiro atoms. The lowest BCUT2D eigenvalue weighted by Crippen LogP contribution is -2.35. The Morgan fingerprint density at radius 3 is 2.39 bits per heavy atom. The smallest absolute Gasteiger partial charge is 0.338 e. The van der Waals surface area contributed by atoms with Gasteiger partial charge in [-0.05, 0) is 77.9 Å². The number of anilines is 1. The lowest BCUT2D eigenvalue weighted by molar-refractivity contribution is 0.0474. The summed E-state index contributed by atoms with van der Waals surface area (Å²) in [6, 6.07) is 26.6. The maximum atomic E-state index is 13.5. The van der Waals surface area contributed by atoms with Crippen LogP contribution in [0.15, 0.2) is 95.9 Å². The molecule has 0 saturated heterocycles. The zero-order valence-corrected chi connectivity index (χ0v) is 21.6. The number of carbonyl (C=O) groups is 2. The number of rotatable bonds is 6. The molecule has 0 bridgehead atoms. The second kappa shape index (κ2) is 9.26. The molecular weight excluding hydrogens is 498 g/mol. The molecule has 0 N–H and O–H groups in total. The molecule has 1 heterocycles. The predicted molar refractivity (Wildman–Crippen MR) is 145 cm³/mol. The first-order chi connectivity index (χ1) is 18.3. The fraction of sp³-hybridized carbons (Fsp3) is 0.161. The molecule has 6 rings (SSSR count). The number of nitrogens with zero attached hydrogens (tertiary/aromatic N) is 1. The van der Waals surface area contributed by atoms with Gasteiger partial charge in [0.1, 0.15) is 0 Å². The third-order valence-corrected chi connectivity index (χ3v) is 9.15. The van der Waals surface area contributed by atoms with Crippen LogP contribution in [0, 0.1) is 0 Å². The molecule has 4 aromatic rings. The molecule has 0 fully saturated rings. The average Bonchev–Trinajstić information content (AvgIpc) is 3.48. The van der Waals surface area contributed by atoms with Crippen LogP contribution in [0.5, 0.6) is 0 Å². The maximum absolute atomic E-state index is 13.5. The van der Waals surface area contributed by atoms with E-state index in [1.54, 1.807) is 12.1 Å². The predicted octanol–water partition coefficient (Wildman–Crippen LogP) is 5.44. The number of esters is 1. The van der Waals surface area contributed by atoms with Crippen LogP contribution in [-0.4, -0.2) is 32.8 Å². The van der Waals surface area contributed by atoms with E-state index in [0.717, 1.165) is 28.7 Å². The normalized spacial score (nSPS) is 15.5. The molecule has 2 aliphatic rings. The number of hydrogen-bond donors (Lipinski definition) is 0. The number of Topliss-reactive ketones (excluding diaryl/α,β-unsaturated/α-hetero) is 1. The van der Waals surface area contributed by atoms with Crippen LogP contribution in [0.3, 0.4) is 0 Å². The van der Waals surface area contributed by atoms with Crippen molar-refractivity contribution in [1.82, 2.24) is 0 Å². The van der Waals surface area contributed by atoms with Crippen molar-refractivity contribution < 1.29 is 22.7 Å². The highest BCUT2D eigenvalue weighted by Gasteiger charge is 2.36. The van der Waals surface area contributed by atoms with Crippen molar-refractivity contribution in [3.63, 3.8) is 0 Å². The summed E-state index contributed by atoms with van der Waals surface area (Å²) in [6.45, 7) is 1.42. The van der Waals surface area contributed by atoms with Crippen molar-refractivity contribution in [1.29, 1.82) is 0 Å². The molecule has 4 aromatic carbocycles. The van der Waals surface area contributed by atoms with Crippen molar-refractivity contribution >= 4 is 27.5 Å². The summed E-state index contributed by atoms with van der Waals surface area (Å²) in [5, 5.41) is 0. The first kappa shape index (κ1) is 24.1. The van der Waals surface area contributed by atoms with Crippen molar-refractivity contribution in [3.05, 3.63) is 119 Å². The Bertz CT molecular complexity index is 1710. The Hall–Kier alpha value is -4.23. The Morgan fingerprint density at radius 1 is 0.816 bits per heavy atom. The molecule has 0 amide bonds. The second-order valence-electron chi connectivity index (χ2n) is 9.72. The van der Waals surface area contributed by atoms with E-state index in [1.165, 1.54) is 34.1 Å². The summed E-state index contributed by atoms with van der Waals surface area (Å²) in [4.78, 5) is 25.7. The lowest BCUT2D eigenvalue weighted by Gasteiger charge is -2.24. The summed E-state index contributed by atoms with van der Waals surface area (Å²) in [7, 11) is -3.90. The monoisotopic (exact) mass is 523 g/mol. The number of fused-ring (bicyclic) bond motifs is 4. The first-order valence-electron chi connectivity index (χ1n) is 12.5. The Morgan fingerprint density at radius 2 is 1.55 bits per heavy atom. The maximum Gasteiger partial charge on any atom is 0.338 e. The van der Waals surface area contributed by atoms with E-state index in [-0.39, 0.29) is 22.3 Å². The number of benzene rings is 4. The molecule has 1 aliphatic heterocycles. The molecule has 38 heavy (non-hydrogen) atoms. The Kier molecular flexibility index (Phi) is 5.88. The van der Waals surface area contributed by atoms with E-state index in [4.69, 9.17) is 4.74 Å². The van der Waals surface area contributed by atoms with Crippen LogP contribution >= 0.6 is 0 Å². The van der Waals surface area contributed by atoms with E-state index in [9.17, 15) is 18.0 Å². The lowest BCUT2D eigenvalue weighted by atomic mass is 10.0. The summed E-state index contributed by atoms with van der Waals surface area (Å²) >= 11 is 0. The standard InChI is InChI=1S/C31H25NO5S/c1-20-15-23-8-3-5-12-29(23)32(20)38(35,36)26-10-6-9-25(17-26)31(34)37-19-30(33)24-14-13-22-16-21-7-2-4-11-27(21)28(22)18-24/h2-14,17-18,20H,15-16,19H2,1H3/t20-/m0/s1. The highest BCUT2D eigenvalue weighted by atomic mass is 32.2. The molecule has 0 radical (unpaired) electrons. The molecule has 1 atom stereocenters. The van der Waals surface area contributed by atoms with Gasteiger partial charge >= 0.3 is 5.97 Å². The van der Waals surface area contributed by atoms with Crippen LogP contribution in [0.25, 0.3) is 11.1 Å². The molecule has 1 aliphatic carbocycles. The van der Waals surface area contributed by atoms with Gasteiger partial charge in [0.05, 0.1) is 16.1 Å². The summed E-state index contributed by atoms with van der Waals surface area (Å²) in [5.41, 5.74) is 6.67. The molecular formula is C31H25NO5S. The topological polar surface area (TPSA) is 80.8 Å². The van der Waals surface area contributed by atoms with Crippen LogP contribution in [0.2, 0.25) is 0 Å². The molecule has 0 unspecified atom stereocenters. The van der Waals surface area contributed by atoms with Gasteiger partial charge in [-0.3, -0.25) is 9.10 Å². The fourth-order valence-electron chi connectivity index (χ4n) is 5.40. The second-order valence-corrected chi connectivity index (χ2v) is 11.5. The van der Waals surface area contributed by atoms with Crippen LogP contribution < -0.4 is 4.31 Å². The first-order valence-corrected chi connectivity index (χ1v) is 13.9. The van der Waals surface area contributed by atoms with Gasteiger partial charge in [-0.25, -0.2) is 13.2 Å². The quantitative estimate of drug-likeness (QED) is 0.219. The Labute approximate surface area is 221 Å². The third-order valence-electron chi connectivity index (χ3n) is 7.23. The van der Waals surface area contributed by atoms with Gasteiger partial charge in [0.15, 0.2) is 12.4 Å². The minimum Gasteiger partial charge on any atom is -0.454 e. The van der Waals surface area contributed by atoms with Gasteiger partial charge in [0, 0.05) is 11.6 Å². The molecule has 6 nitrogen and oxygen atoms in total. The summed E-state index contributed by atoms with van der Waals surface area (Å²) in [5.74, 6) is -1.08. The highest BCUT2D eigenvalue weighted by molar-refractivity contribution is 7.92. The van der Waals surface area contributed by atoms with Crippen LogP contribution in [0.4, 0.5) is 5.69 Å². The summed E-state index contributed by atoms with van der Waals surface area (Å²) < 4.78 is 33.8. The van der Waals surface area contributed by atoms with Crippen molar-refractivity contribution in [2.75, 3.05) is 10.9 Å². The van der Waals surface area contributed by atoms with Gasteiger partial charge < -0.3 is 4.74 Å². The molecule has 190 valence electrons. The van der Waals surface area contributed by atoms with Crippen LogP contribution in [0.1, 0.15) is 44.3 Å². The Balaban J connectivity index is 1.18. The number of sulfonamides is 1. The van der Waals surface area contributed by atoms with Crippen molar-refractivity contribution in [2.45, 2.75) is 30.7 Å². The van der Waals surface area contributed by atoms with Gasteiger partial charge in [0.2, 0.25) is 0 Å². The zero-order chi connectivity index (χ0) is 26.4. The number of para-hydroxylation sites is 1. The van der Waals surface area contributed by atoms with Gasteiger partial charge in [-0.15, -0.1) is 0 Å². The van der Waals surface area contributed by atoms with E-state index < -0.39 is 22.6 Å². The van der Waals surface area contributed by atoms with Gasteiger partial charge in [-0.1, -0.05) is 60.7 Å². The van der Waals surface area contributed by atoms with Gasteiger partial charge in [0.25, 0.3) is 10.0 Å². The minimum absolute atomic E-state index is 0.000818. The largest absolute Gasteiger partial charge is 0.454 e. The fourth-order valence-corrected chi connectivity index (χ4v) is 7.13. The minimum atomic E-state index is -3.90. The van der Waals surface area contributed by atoms with Crippen LogP contribution in [-0.2, 0) is 27.6 Å². The number of hydrogen-bond acceptors (Lipinski definition) is 5. The summed E-state index contributed by atoms with van der Waals surface area (Å²) in [6.07, 6.45) is 1.45. The zero-order valence-electron chi connectivity index (χ0n) is 20.8. The van der Waals surface area contributed by atoms with Crippen molar-refractivity contribution in [3.8, 4) is 11.1 Å². The average molecular weight is 524 g/mol. The van der Waals surface area contributed by atoms with Gasteiger partial charge in [-0.2, -0.15) is 0 Å². The molecule has 7 heteroatoms. The number of ketones is 1.